The van der Waals surface area contributed by atoms with Gasteiger partial charge in [-0.1, -0.05) is 12.1 Å². The molecule has 28 heavy (non-hydrogen) atoms. The fourth-order valence-electron chi connectivity index (χ4n) is 3.18. The Bertz CT molecular complexity index is 782. The lowest BCUT2D eigenvalue weighted by Crippen LogP contribution is -2.61. The monoisotopic (exact) mass is 395 g/mol. The van der Waals surface area contributed by atoms with E-state index in [1.165, 1.54) is 35.4 Å². The normalized spacial score (nSPS) is 27.5. The molecule has 1 amide bonds. The highest BCUT2D eigenvalue weighted by molar-refractivity contribution is 5.91. The minimum atomic E-state index is -1.55. The van der Waals surface area contributed by atoms with Gasteiger partial charge >= 0.3 is 0 Å². The lowest BCUT2D eigenvalue weighted by Gasteiger charge is -2.41. The SMILES string of the molecule is O=C(c1ccco1)N(Cc1cccc(F)c1)C[C@@H]1O[C@H](CO)[C@@H](O)[C@H](O)[C@@H]1O. The minimum Gasteiger partial charge on any atom is -0.459 e. The third-order valence-electron chi connectivity index (χ3n) is 4.67. The highest BCUT2D eigenvalue weighted by Gasteiger charge is 2.44. The van der Waals surface area contributed by atoms with Gasteiger partial charge in [-0.2, -0.15) is 0 Å². The van der Waals surface area contributed by atoms with Crippen LogP contribution in [0.3, 0.4) is 0 Å². The van der Waals surface area contributed by atoms with E-state index >= 15 is 0 Å². The Morgan fingerprint density at radius 3 is 2.46 bits per heavy atom. The largest absolute Gasteiger partial charge is 0.459 e. The molecule has 1 aliphatic heterocycles. The molecule has 2 heterocycles. The Morgan fingerprint density at radius 2 is 1.82 bits per heavy atom. The number of hydrogen-bond acceptors (Lipinski definition) is 7. The van der Waals surface area contributed by atoms with Gasteiger partial charge in [0.1, 0.15) is 36.3 Å². The Kier molecular flexibility index (Phi) is 6.42. The molecule has 1 aliphatic rings. The summed E-state index contributed by atoms with van der Waals surface area (Å²) in [4.78, 5) is 14.1. The van der Waals surface area contributed by atoms with E-state index in [2.05, 4.69) is 0 Å². The molecule has 0 radical (unpaired) electrons. The summed E-state index contributed by atoms with van der Waals surface area (Å²) in [6, 6.07) is 8.71. The molecule has 0 spiro atoms. The lowest BCUT2D eigenvalue weighted by atomic mass is 9.94. The maximum atomic E-state index is 13.5. The number of carbonyl (C=O) groups is 1. The number of hydrogen-bond donors (Lipinski definition) is 4. The maximum Gasteiger partial charge on any atom is 0.289 e. The van der Waals surface area contributed by atoms with Crippen molar-refractivity contribution in [3.8, 4) is 0 Å². The number of carbonyl (C=O) groups excluding carboxylic acids is 1. The van der Waals surface area contributed by atoms with Gasteiger partial charge in [0.15, 0.2) is 5.76 Å². The molecule has 4 N–H and O–H groups in total. The first-order valence-corrected chi connectivity index (χ1v) is 8.78. The van der Waals surface area contributed by atoms with Crippen LogP contribution >= 0.6 is 0 Å². The topological polar surface area (TPSA) is 124 Å². The third-order valence-corrected chi connectivity index (χ3v) is 4.67. The van der Waals surface area contributed by atoms with Crippen molar-refractivity contribution in [2.45, 2.75) is 37.1 Å². The van der Waals surface area contributed by atoms with E-state index in [9.17, 15) is 29.6 Å². The molecule has 2 aromatic rings. The average molecular weight is 395 g/mol. The molecular weight excluding hydrogens is 373 g/mol. The van der Waals surface area contributed by atoms with Crippen LogP contribution in [0.1, 0.15) is 16.1 Å². The second kappa shape index (κ2) is 8.80. The molecule has 0 aliphatic carbocycles. The van der Waals surface area contributed by atoms with E-state index in [0.717, 1.165) is 0 Å². The van der Waals surface area contributed by atoms with Gasteiger partial charge in [-0.15, -0.1) is 0 Å². The summed E-state index contributed by atoms with van der Waals surface area (Å²) >= 11 is 0. The van der Waals surface area contributed by atoms with E-state index in [0.29, 0.717) is 5.56 Å². The molecule has 1 aromatic carbocycles. The number of aliphatic hydroxyl groups excluding tert-OH is 4. The molecule has 1 fully saturated rings. The van der Waals surface area contributed by atoms with Crippen LogP contribution in [0.25, 0.3) is 0 Å². The molecular formula is C19H22FNO7. The quantitative estimate of drug-likeness (QED) is 0.539. The van der Waals surface area contributed by atoms with Crippen molar-refractivity contribution >= 4 is 5.91 Å². The predicted octanol–water partition coefficient (Wildman–Crippen LogP) is -0.0965. The molecule has 1 aromatic heterocycles. The van der Waals surface area contributed by atoms with Crippen molar-refractivity contribution in [1.82, 2.24) is 4.90 Å². The fraction of sp³-hybridized carbons (Fsp3) is 0.421. The average Bonchev–Trinajstić information content (AvgIpc) is 3.22. The van der Waals surface area contributed by atoms with Gasteiger partial charge in [0, 0.05) is 6.54 Å². The first-order chi connectivity index (χ1) is 13.4. The summed E-state index contributed by atoms with van der Waals surface area (Å²) in [5.74, 6) is -0.942. The summed E-state index contributed by atoms with van der Waals surface area (Å²) in [5.41, 5.74) is 0.504. The molecule has 152 valence electrons. The van der Waals surface area contributed by atoms with Crippen LogP contribution in [0.2, 0.25) is 0 Å². The van der Waals surface area contributed by atoms with E-state index in [1.54, 1.807) is 12.1 Å². The summed E-state index contributed by atoms with van der Waals surface area (Å²) in [7, 11) is 0. The van der Waals surface area contributed by atoms with Crippen LogP contribution in [-0.4, -0.2) is 74.9 Å². The zero-order chi connectivity index (χ0) is 20.3. The molecule has 0 bridgehead atoms. The zero-order valence-electron chi connectivity index (χ0n) is 14.9. The van der Waals surface area contributed by atoms with Gasteiger partial charge in [0.2, 0.25) is 0 Å². The van der Waals surface area contributed by atoms with Gasteiger partial charge in [0.25, 0.3) is 5.91 Å². The van der Waals surface area contributed by atoms with Crippen LogP contribution < -0.4 is 0 Å². The van der Waals surface area contributed by atoms with Crippen LogP contribution in [0.5, 0.6) is 0 Å². The minimum absolute atomic E-state index is 0.00763. The van der Waals surface area contributed by atoms with Crippen molar-refractivity contribution < 1.29 is 38.8 Å². The number of furan rings is 1. The number of nitrogens with zero attached hydrogens (tertiary/aromatic N) is 1. The van der Waals surface area contributed by atoms with Crippen LogP contribution in [-0.2, 0) is 11.3 Å². The fourth-order valence-corrected chi connectivity index (χ4v) is 3.18. The van der Waals surface area contributed by atoms with E-state index in [4.69, 9.17) is 9.15 Å². The van der Waals surface area contributed by atoms with E-state index in [-0.39, 0.29) is 18.8 Å². The molecule has 0 unspecified atom stereocenters. The Hall–Kier alpha value is -2.30. The highest BCUT2D eigenvalue weighted by Crippen LogP contribution is 2.23. The smallest absolute Gasteiger partial charge is 0.289 e. The Morgan fingerprint density at radius 1 is 1.07 bits per heavy atom. The standard InChI is InChI=1S/C19H22FNO7/c20-12-4-1-3-11(7-12)8-21(19(26)13-5-2-6-27-13)9-14-16(23)18(25)17(24)15(10-22)28-14/h1-7,14-18,22-25H,8-10H2/t14-,15+,16+,17+,18+/m0/s1. The van der Waals surface area contributed by atoms with Crippen molar-refractivity contribution in [2.24, 2.45) is 0 Å². The van der Waals surface area contributed by atoms with Gasteiger partial charge in [0.05, 0.1) is 19.4 Å². The zero-order valence-corrected chi connectivity index (χ0v) is 14.9. The summed E-state index contributed by atoms with van der Waals surface area (Å²) in [6.07, 6.45) is -5.36. The second-order valence-electron chi connectivity index (χ2n) is 6.66. The third kappa shape index (κ3) is 4.40. The van der Waals surface area contributed by atoms with Crippen LogP contribution in [0, 0.1) is 5.82 Å². The Balaban J connectivity index is 1.83. The number of benzene rings is 1. The molecule has 9 heteroatoms. The van der Waals surface area contributed by atoms with Gasteiger partial charge < -0.3 is 34.5 Å². The predicted molar refractivity (Wildman–Crippen MR) is 93.6 cm³/mol. The first kappa shape index (κ1) is 20.4. The number of amides is 1. The van der Waals surface area contributed by atoms with Gasteiger partial charge in [-0.25, -0.2) is 4.39 Å². The first-order valence-electron chi connectivity index (χ1n) is 8.78. The number of aliphatic hydroxyl groups is 4. The summed E-state index contributed by atoms with van der Waals surface area (Å²) in [5, 5.41) is 39.5. The van der Waals surface area contributed by atoms with E-state index in [1.807, 2.05) is 0 Å². The number of halogens is 1. The molecule has 0 saturated carbocycles. The molecule has 5 atom stereocenters. The lowest BCUT2D eigenvalue weighted by molar-refractivity contribution is -0.231. The number of ether oxygens (including phenoxy) is 1. The van der Waals surface area contributed by atoms with Crippen molar-refractivity contribution in [3.63, 3.8) is 0 Å². The molecule has 8 nitrogen and oxygen atoms in total. The van der Waals surface area contributed by atoms with Crippen molar-refractivity contribution in [2.75, 3.05) is 13.2 Å². The van der Waals surface area contributed by atoms with Gasteiger partial charge in [-0.05, 0) is 29.8 Å². The summed E-state index contributed by atoms with van der Waals surface area (Å²) in [6.45, 7) is -0.763. The molecule has 3 rings (SSSR count). The summed E-state index contributed by atoms with van der Waals surface area (Å²) < 4.78 is 24.1. The van der Waals surface area contributed by atoms with Crippen LogP contribution in [0.4, 0.5) is 4.39 Å². The Labute approximate surface area is 160 Å². The van der Waals surface area contributed by atoms with Crippen molar-refractivity contribution in [3.05, 3.63) is 59.8 Å². The van der Waals surface area contributed by atoms with Crippen molar-refractivity contribution in [1.29, 1.82) is 0 Å². The molecule has 1 saturated heterocycles. The second-order valence-corrected chi connectivity index (χ2v) is 6.66. The maximum absolute atomic E-state index is 13.5. The number of rotatable bonds is 6. The van der Waals surface area contributed by atoms with Crippen LogP contribution in [0.15, 0.2) is 47.1 Å². The highest BCUT2D eigenvalue weighted by atomic mass is 19.1. The van der Waals surface area contributed by atoms with Gasteiger partial charge in [-0.3, -0.25) is 4.79 Å². The van der Waals surface area contributed by atoms with E-state index < -0.39 is 48.9 Å².